The van der Waals surface area contributed by atoms with Crippen LogP contribution >= 0.6 is 11.6 Å². The van der Waals surface area contributed by atoms with Crippen LogP contribution in [0.5, 0.6) is 6.01 Å². The average molecular weight is 737 g/mol. The fourth-order valence-electron chi connectivity index (χ4n) is 10.1. The van der Waals surface area contributed by atoms with Crippen molar-refractivity contribution < 1.29 is 14.3 Å². The average Bonchev–Trinajstić information content (AvgIpc) is 3.96. The minimum Gasteiger partial charge on any atom is -0.461 e. The molecule has 1 amide bonds. The maximum absolute atomic E-state index is 13.6. The van der Waals surface area contributed by atoms with E-state index in [-0.39, 0.29) is 23.9 Å². The van der Waals surface area contributed by atoms with Crippen LogP contribution in [0, 0.1) is 23.2 Å². The molecule has 5 saturated heterocycles. The minimum atomic E-state index is -0.244. The first-order valence-electron chi connectivity index (χ1n) is 19.6. The van der Waals surface area contributed by atoms with Crippen LogP contribution in [0.25, 0.3) is 10.8 Å². The normalized spacial score (nSPS) is 25.6. The van der Waals surface area contributed by atoms with Gasteiger partial charge >= 0.3 is 6.01 Å². The Morgan fingerprint density at radius 1 is 1.00 bits per heavy atom. The van der Waals surface area contributed by atoms with Crippen molar-refractivity contribution in [1.29, 1.82) is 5.26 Å². The van der Waals surface area contributed by atoms with Gasteiger partial charge in [-0.3, -0.25) is 14.6 Å². The Balaban J connectivity index is 0.964. The minimum absolute atomic E-state index is 0.0253. The molecule has 3 atom stereocenters. The van der Waals surface area contributed by atoms with E-state index in [0.717, 1.165) is 110 Å². The largest absolute Gasteiger partial charge is 0.461 e. The number of fused-ring (bicyclic) bond motifs is 4. The number of piperazine rings is 1. The fourth-order valence-corrected chi connectivity index (χ4v) is 10.3. The second-order valence-electron chi connectivity index (χ2n) is 15.9. The van der Waals surface area contributed by atoms with Gasteiger partial charge in [-0.2, -0.15) is 15.2 Å². The van der Waals surface area contributed by atoms with E-state index in [4.69, 9.17) is 31.0 Å². The van der Waals surface area contributed by atoms with Crippen LogP contribution in [0.3, 0.4) is 0 Å². The summed E-state index contributed by atoms with van der Waals surface area (Å²) in [6.07, 6.45) is 9.43. The van der Waals surface area contributed by atoms with Gasteiger partial charge in [-0.25, -0.2) is 0 Å². The molecule has 1 aromatic heterocycles. The molecule has 12 heteroatoms. The molecule has 0 bridgehead atoms. The van der Waals surface area contributed by atoms with Crippen molar-refractivity contribution in [3.8, 4) is 12.1 Å². The number of amides is 1. The number of hydrogen-bond donors (Lipinski definition) is 0. The van der Waals surface area contributed by atoms with Crippen molar-refractivity contribution in [2.75, 3.05) is 88.5 Å². The lowest BCUT2D eigenvalue weighted by Gasteiger charge is -2.42. The standard InChI is InChI=1S/C41H49ClN8O3/c42-34-8-1-6-29-7-2-9-36(38(29)34)47-19-12-33-35(25-47)44-40(53-28-41-13-4-17-49(41)18-5-14-41)45-39(33)48-20-21-50(32(24-48)11-15-43)37(51)10-3-16-46-22-30-26-52-27-31(30)23-46/h1-3,6-10,30-32H,4-5,11-14,16-28H2/b10-3+/t30-,31+,32-/m0/s1. The maximum Gasteiger partial charge on any atom is 0.318 e. The van der Waals surface area contributed by atoms with Gasteiger partial charge in [-0.1, -0.05) is 41.9 Å². The molecule has 0 N–H and O–H groups in total. The van der Waals surface area contributed by atoms with Gasteiger partial charge in [0.25, 0.3) is 0 Å². The van der Waals surface area contributed by atoms with Gasteiger partial charge in [0.2, 0.25) is 5.91 Å². The molecule has 3 aromatic rings. The molecular weight excluding hydrogens is 688 g/mol. The van der Waals surface area contributed by atoms with E-state index >= 15 is 0 Å². The third kappa shape index (κ3) is 6.73. The Labute approximate surface area is 317 Å². The summed E-state index contributed by atoms with van der Waals surface area (Å²) < 4.78 is 12.2. The zero-order chi connectivity index (χ0) is 35.9. The number of aromatic nitrogens is 2. The highest BCUT2D eigenvalue weighted by atomic mass is 35.5. The lowest BCUT2D eigenvalue weighted by molar-refractivity contribution is -0.128. The molecule has 0 radical (unpaired) electrons. The van der Waals surface area contributed by atoms with Gasteiger partial charge in [0.05, 0.1) is 54.5 Å². The van der Waals surface area contributed by atoms with Crippen molar-refractivity contribution >= 4 is 39.8 Å². The fraction of sp³-hybridized carbons (Fsp3) is 0.561. The number of ether oxygens (including phenoxy) is 2. The molecule has 2 aromatic carbocycles. The predicted molar refractivity (Wildman–Crippen MR) is 205 cm³/mol. The van der Waals surface area contributed by atoms with Crippen molar-refractivity contribution in [2.24, 2.45) is 11.8 Å². The first-order chi connectivity index (χ1) is 26.0. The van der Waals surface area contributed by atoms with Gasteiger partial charge in [0.1, 0.15) is 12.4 Å². The van der Waals surface area contributed by atoms with Crippen LogP contribution in [0.1, 0.15) is 43.4 Å². The highest BCUT2D eigenvalue weighted by molar-refractivity contribution is 6.36. The van der Waals surface area contributed by atoms with Crippen molar-refractivity contribution in [2.45, 2.75) is 56.7 Å². The maximum atomic E-state index is 13.6. The van der Waals surface area contributed by atoms with Crippen LogP contribution in [-0.4, -0.2) is 121 Å². The molecule has 6 aliphatic rings. The molecule has 278 valence electrons. The highest BCUT2D eigenvalue weighted by Crippen LogP contribution is 2.40. The number of hydrogen-bond acceptors (Lipinski definition) is 10. The molecule has 9 rings (SSSR count). The lowest BCUT2D eigenvalue weighted by atomic mass is 9.95. The number of benzene rings is 2. The summed E-state index contributed by atoms with van der Waals surface area (Å²) in [7, 11) is 0. The number of carbonyl (C=O) groups excluding carboxylic acids is 1. The molecule has 0 aliphatic carbocycles. The topological polar surface area (TPSA) is 101 Å². The first kappa shape index (κ1) is 34.8. The number of carbonyl (C=O) groups is 1. The second-order valence-corrected chi connectivity index (χ2v) is 16.3. The molecule has 6 aliphatic heterocycles. The Bertz CT molecular complexity index is 1910. The quantitative estimate of drug-likeness (QED) is 0.282. The molecule has 5 fully saturated rings. The van der Waals surface area contributed by atoms with Crippen LogP contribution < -0.4 is 14.5 Å². The number of nitriles is 1. The molecule has 0 spiro atoms. The summed E-state index contributed by atoms with van der Waals surface area (Å²) in [5, 5.41) is 12.8. The summed E-state index contributed by atoms with van der Waals surface area (Å²) in [5.74, 6) is 2.08. The monoisotopic (exact) mass is 736 g/mol. The Morgan fingerprint density at radius 2 is 1.79 bits per heavy atom. The summed E-state index contributed by atoms with van der Waals surface area (Å²) in [4.78, 5) is 35.4. The predicted octanol–water partition coefficient (Wildman–Crippen LogP) is 4.92. The third-order valence-corrected chi connectivity index (χ3v) is 13.1. The first-order valence-corrected chi connectivity index (χ1v) is 19.9. The van der Waals surface area contributed by atoms with Crippen molar-refractivity contribution in [3.63, 3.8) is 0 Å². The summed E-state index contributed by atoms with van der Waals surface area (Å²) in [5.41, 5.74) is 3.26. The van der Waals surface area contributed by atoms with Crippen molar-refractivity contribution in [3.05, 3.63) is 64.8 Å². The van der Waals surface area contributed by atoms with Gasteiger partial charge in [-0.05, 0) is 62.7 Å². The molecule has 7 heterocycles. The second kappa shape index (κ2) is 14.7. The smallest absolute Gasteiger partial charge is 0.318 e. The highest BCUT2D eigenvalue weighted by Gasteiger charge is 2.45. The van der Waals surface area contributed by atoms with Gasteiger partial charge < -0.3 is 24.2 Å². The molecule has 0 saturated carbocycles. The zero-order valence-corrected chi connectivity index (χ0v) is 31.2. The van der Waals surface area contributed by atoms with Crippen molar-refractivity contribution in [1.82, 2.24) is 24.7 Å². The number of likely N-dealkylation sites (tertiary alicyclic amines) is 1. The van der Waals surface area contributed by atoms with E-state index in [9.17, 15) is 10.1 Å². The Morgan fingerprint density at radius 3 is 2.58 bits per heavy atom. The van der Waals surface area contributed by atoms with Crippen LogP contribution in [-0.2, 0) is 22.5 Å². The van der Waals surface area contributed by atoms with E-state index in [2.05, 4.69) is 49.9 Å². The van der Waals surface area contributed by atoms with Gasteiger partial charge in [0, 0.05) is 80.4 Å². The molecule has 11 nitrogen and oxygen atoms in total. The third-order valence-electron chi connectivity index (χ3n) is 12.8. The number of rotatable bonds is 9. The molecule has 53 heavy (non-hydrogen) atoms. The number of halogens is 1. The van der Waals surface area contributed by atoms with E-state index in [1.165, 1.54) is 12.8 Å². The van der Waals surface area contributed by atoms with E-state index in [1.54, 1.807) is 6.08 Å². The number of anilines is 2. The summed E-state index contributed by atoms with van der Waals surface area (Å²) in [6.45, 7) is 10.5. The van der Waals surface area contributed by atoms with E-state index in [0.29, 0.717) is 50.6 Å². The van der Waals surface area contributed by atoms with Crippen LogP contribution in [0.2, 0.25) is 5.02 Å². The Kier molecular flexibility index (Phi) is 9.65. The SMILES string of the molecule is N#CC[C@H]1CN(c2nc(OCC34CCCN3CCC4)nc3c2CCN(c2cccc4cccc(Cl)c24)C3)CCN1C(=O)/C=C/CN1C[C@H]2COC[C@H]2C1. The zero-order valence-electron chi connectivity index (χ0n) is 30.5. The molecular formula is C41H49ClN8O3. The van der Waals surface area contributed by atoms with Crippen LogP contribution in [0.15, 0.2) is 48.6 Å². The van der Waals surface area contributed by atoms with E-state index in [1.807, 2.05) is 23.1 Å². The summed E-state index contributed by atoms with van der Waals surface area (Å²) >= 11 is 6.79. The van der Waals surface area contributed by atoms with Crippen LogP contribution in [0.4, 0.5) is 11.5 Å². The van der Waals surface area contributed by atoms with E-state index < -0.39 is 0 Å². The summed E-state index contributed by atoms with van der Waals surface area (Å²) in [6, 6.07) is 14.9. The van der Waals surface area contributed by atoms with Gasteiger partial charge in [-0.15, -0.1) is 0 Å². The van der Waals surface area contributed by atoms with Gasteiger partial charge in [0.15, 0.2) is 0 Å². The number of nitrogens with zero attached hydrogens (tertiary/aromatic N) is 8. The lowest BCUT2D eigenvalue weighted by Crippen LogP contribution is -2.55. The molecule has 0 unspecified atom stereocenters. The Hall–Kier alpha value is -3.95.